The summed E-state index contributed by atoms with van der Waals surface area (Å²) in [7, 11) is 0. The summed E-state index contributed by atoms with van der Waals surface area (Å²) in [6, 6.07) is 1.39. The summed E-state index contributed by atoms with van der Waals surface area (Å²) < 4.78 is 36.0. The molecule has 0 aliphatic rings. The molecule has 14 heavy (non-hydrogen) atoms. The minimum absolute atomic E-state index is 0.00215. The van der Waals surface area contributed by atoms with Gasteiger partial charge < -0.3 is 0 Å². The standard InChI is InChI=1S/C9H8F3NO/c1-6-2-7(5-14)8(13-4-6)3-9(10,11)12/h2,4-5H,3H2,1H3. The number of aryl methyl sites for hydroxylation is 1. The lowest BCUT2D eigenvalue weighted by Crippen LogP contribution is -2.14. The van der Waals surface area contributed by atoms with Gasteiger partial charge >= 0.3 is 6.18 Å². The van der Waals surface area contributed by atoms with Crippen molar-refractivity contribution < 1.29 is 18.0 Å². The van der Waals surface area contributed by atoms with Gasteiger partial charge in [-0.1, -0.05) is 0 Å². The lowest BCUT2D eigenvalue weighted by Gasteiger charge is -2.07. The van der Waals surface area contributed by atoms with Crippen LogP contribution >= 0.6 is 0 Å². The van der Waals surface area contributed by atoms with E-state index in [4.69, 9.17) is 0 Å². The van der Waals surface area contributed by atoms with Crippen molar-refractivity contribution in [2.75, 3.05) is 0 Å². The lowest BCUT2D eigenvalue weighted by molar-refractivity contribution is -0.127. The van der Waals surface area contributed by atoms with Gasteiger partial charge in [-0.15, -0.1) is 0 Å². The predicted octanol–water partition coefficient (Wildman–Crippen LogP) is 2.31. The Labute approximate surface area is 78.8 Å². The normalized spacial score (nSPS) is 11.4. The quantitative estimate of drug-likeness (QED) is 0.690. The number of aldehydes is 1. The Hall–Kier alpha value is -1.39. The highest BCUT2D eigenvalue weighted by atomic mass is 19.4. The number of aromatic nitrogens is 1. The van der Waals surface area contributed by atoms with Crippen LogP contribution in [0.1, 0.15) is 21.6 Å². The summed E-state index contributed by atoms with van der Waals surface area (Å²) in [6.07, 6.45) is -3.80. The molecule has 1 aromatic heterocycles. The van der Waals surface area contributed by atoms with E-state index < -0.39 is 12.6 Å². The molecule has 0 spiro atoms. The van der Waals surface area contributed by atoms with Crippen LogP contribution in [0.5, 0.6) is 0 Å². The minimum Gasteiger partial charge on any atom is -0.298 e. The number of alkyl halides is 3. The summed E-state index contributed by atoms with van der Waals surface area (Å²) in [5, 5.41) is 0. The Morgan fingerprint density at radius 1 is 1.50 bits per heavy atom. The van der Waals surface area contributed by atoms with E-state index in [2.05, 4.69) is 4.98 Å². The van der Waals surface area contributed by atoms with Crippen molar-refractivity contribution in [3.8, 4) is 0 Å². The molecule has 76 valence electrons. The van der Waals surface area contributed by atoms with E-state index in [1.165, 1.54) is 12.3 Å². The molecule has 5 heteroatoms. The van der Waals surface area contributed by atoms with Gasteiger partial charge in [0.2, 0.25) is 0 Å². The number of carbonyl (C=O) groups is 1. The molecule has 0 amide bonds. The second kappa shape index (κ2) is 3.77. The van der Waals surface area contributed by atoms with Gasteiger partial charge in [0.15, 0.2) is 6.29 Å². The van der Waals surface area contributed by atoms with Crippen molar-refractivity contribution in [3.05, 3.63) is 29.1 Å². The smallest absolute Gasteiger partial charge is 0.298 e. The Morgan fingerprint density at radius 3 is 2.64 bits per heavy atom. The maximum Gasteiger partial charge on any atom is 0.394 e. The molecule has 0 bridgehead atoms. The summed E-state index contributed by atoms with van der Waals surface area (Å²) >= 11 is 0. The molecule has 0 fully saturated rings. The van der Waals surface area contributed by atoms with Gasteiger partial charge in [-0.2, -0.15) is 13.2 Å². The Morgan fingerprint density at radius 2 is 2.14 bits per heavy atom. The molecule has 1 heterocycles. The van der Waals surface area contributed by atoms with E-state index >= 15 is 0 Å². The van der Waals surface area contributed by atoms with Crippen molar-refractivity contribution >= 4 is 6.29 Å². The summed E-state index contributed by atoms with van der Waals surface area (Å²) in [6.45, 7) is 1.66. The molecule has 1 aromatic rings. The third kappa shape index (κ3) is 2.83. The fourth-order valence-electron chi connectivity index (χ4n) is 1.06. The molecule has 0 saturated carbocycles. The highest BCUT2D eigenvalue weighted by Gasteiger charge is 2.29. The van der Waals surface area contributed by atoms with E-state index in [0.29, 0.717) is 11.8 Å². The average Bonchev–Trinajstić information content (AvgIpc) is 2.06. The molecule has 0 aromatic carbocycles. The molecular formula is C9H8F3NO. The lowest BCUT2D eigenvalue weighted by atomic mass is 10.1. The number of nitrogens with zero attached hydrogens (tertiary/aromatic N) is 1. The van der Waals surface area contributed by atoms with Crippen LogP contribution in [0.2, 0.25) is 0 Å². The van der Waals surface area contributed by atoms with Gasteiger partial charge in [0.05, 0.1) is 12.1 Å². The first-order chi connectivity index (χ1) is 6.42. The molecule has 0 radical (unpaired) electrons. The molecule has 0 unspecified atom stereocenters. The van der Waals surface area contributed by atoms with Crippen molar-refractivity contribution in [2.45, 2.75) is 19.5 Å². The van der Waals surface area contributed by atoms with E-state index in [-0.39, 0.29) is 11.3 Å². The van der Waals surface area contributed by atoms with Gasteiger partial charge in [0.1, 0.15) is 0 Å². The van der Waals surface area contributed by atoms with Crippen LogP contribution in [-0.4, -0.2) is 17.4 Å². The fraction of sp³-hybridized carbons (Fsp3) is 0.333. The topological polar surface area (TPSA) is 30.0 Å². The van der Waals surface area contributed by atoms with E-state index in [1.54, 1.807) is 6.92 Å². The summed E-state index contributed by atoms with van der Waals surface area (Å²) in [4.78, 5) is 14.0. The molecule has 0 aliphatic carbocycles. The van der Waals surface area contributed by atoms with E-state index in [9.17, 15) is 18.0 Å². The van der Waals surface area contributed by atoms with Crippen LogP contribution in [0, 0.1) is 6.92 Å². The molecular weight excluding hydrogens is 195 g/mol. The number of pyridine rings is 1. The first kappa shape index (κ1) is 10.7. The first-order valence-electron chi connectivity index (χ1n) is 3.90. The molecule has 0 atom stereocenters. The van der Waals surface area contributed by atoms with Crippen LogP contribution in [-0.2, 0) is 6.42 Å². The molecule has 1 rings (SSSR count). The Bertz CT molecular complexity index is 346. The maximum atomic E-state index is 12.0. The largest absolute Gasteiger partial charge is 0.394 e. The second-order valence-electron chi connectivity index (χ2n) is 2.96. The van der Waals surface area contributed by atoms with Gasteiger partial charge in [-0.3, -0.25) is 9.78 Å². The van der Waals surface area contributed by atoms with Crippen molar-refractivity contribution in [2.24, 2.45) is 0 Å². The predicted molar refractivity (Wildman–Crippen MR) is 44.1 cm³/mol. The number of rotatable bonds is 2. The zero-order chi connectivity index (χ0) is 10.8. The van der Waals surface area contributed by atoms with Crippen LogP contribution in [0.15, 0.2) is 12.3 Å². The highest BCUT2D eigenvalue weighted by Crippen LogP contribution is 2.21. The van der Waals surface area contributed by atoms with E-state index in [0.717, 1.165) is 0 Å². The average molecular weight is 203 g/mol. The SMILES string of the molecule is Cc1cnc(CC(F)(F)F)c(C=O)c1. The van der Waals surface area contributed by atoms with Gasteiger partial charge in [0, 0.05) is 11.8 Å². The Kier molecular flexibility index (Phi) is 2.88. The van der Waals surface area contributed by atoms with Crippen molar-refractivity contribution in [1.82, 2.24) is 4.98 Å². The van der Waals surface area contributed by atoms with Crippen molar-refractivity contribution in [3.63, 3.8) is 0 Å². The monoisotopic (exact) mass is 203 g/mol. The Balaban J connectivity index is 3.03. The fourth-order valence-corrected chi connectivity index (χ4v) is 1.06. The van der Waals surface area contributed by atoms with Crippen molar-refractivity contribution in [1.29, 1.82) is 0 Å². The number of halogens is 3. The number of carbonyl (C=O) groups excluding carboxylic acids is 1. The molecule has 0 N–H and O–H groups in total. The van der Waals surface area contributed by atoms with E-state index in [1.807, 2.05) is 0 Å². The highest BCUT2D eigenvalue weighted by molar-refractivity contribution is 5.76. The molecule has 0 saturated heterocycles. The van der Waals surface area contributed by atoms with Crippen LogP contribution in [0.4, 0.5) is 13.2 Å². The minimum atomic E-state index is -4.33. The van der Waals surface area contributed by atoms with Gasteiger partial charge in [-0.05, 0) is 18.6 Å². The number of hydrogen-bond acceptors (Lipinski definition) is 2. The van der Waals surface area contributed by atoms with Crippen LogP contribution in [0.25, 0.3) is 0 Å². The first-order valence-corrected chi connectivity index (χ1v) is 3.90. The zero-order valence-electron chi connectivity index (χ0n) is 7.43. The number of hydrogen-bond donors (Lipinski definition) is 0. The maximum absolute atomic E-state index is 12.0. The third-order valence-corrected chi connectivity index (χ3v) is 1.64. The zero-order valence-corrected chi connectivity index (χ0v) is 7.43. The van der Waals surface area contributed by atoms with Crippen LogP contribution in [0.3, 0.4) is 0 Å². The summed E-state index contributed by atoms with van der Waals surface area (Å²) in [5.74, 6) is 0. The van der Waals surface area contributed by atoms with Gasteiger partial charge in [-0.25, -0.2) is 0 Å². The van der Waals surface area contributed by atoms with Crippen LogP contribution < -0.4 is 0 Å². The summed E-state index contributed by atoms with van der Waals surface area (Å²) in [5.41, 5.74) is 0.443. The third-order valence-electron chi connectivity index (χ3n) is 1.64. The van der Waals surface area contributed by atoms with Gasteiger partial charge in [0.25, 0.3) is 0 Å². The second-order valence-corrected chi connectivity index (χ2v) is 2.96. The molecule has 2 nitrogen and oxygen atoms in total. The molecule has 0 aliphatic heterocycles.